The molecular formula is C24H32O3. The molecule has 0 bridgehead atoms. The molecule has 0 atom stereocenters. The standard InChI is InChI=1S/C24H32O3/c1-3-4-5-6-7-8-9-10-11-12-13-14-15-19-27-23-18-16-17-22(20-23)21-24(25)26-2/h4-5,8-13,16-18,20H,3,6-7,14-15,19,21H2,1-2H3/b5-4-,9-8+,11-10-,13-12+. The number of hydrogen-bond acceptors (Lipinski definition) is 3. The second-order valence-corrected chi connectivity index (χ2v) is 6.09. The van der Waals surface area contributed by atoms with Gasteiger partial charge in [-0.05, 0) is 49.8 Å². The maximum Gasteiger partial charge on any atom is 0.309 e. The molecule has 0 unspecified atom stereocenters. The zero-order valence-electron chi connectivity index (χ0n) is 16.6. The van der Waals surface area contributed by atoms with Crippen LogP contribution in [0.1, 0.15) is 44.6 Å². The number of unbranched alkanes of at least 4 members (excludes halogenated alkanes) is 2. The van der Waals surface area contributed by atoms with E-state index in [4.69, 9.17) is 4.74 Å². The molecule has 1 aromatic rings. The molecule has 0 aliphatic heterocycles. The minimum atomic E-state index is -0.242. The summed E-state index contributed by atoms with van der Waals surface area (Å²) in [6.07, 6.45) is 22.5. The van der Waals surface area contributed by atoms with E-state index in [1.54, 1.807) is 0 Å². The molecular weight excluding hydrogens is 336 g/mol. The Labute approximate surface area is 164 Å². The highest BCUT2D eigenvalue weighted by molar-refractivity contribution is 5.72. The van der Waals surface area contributed by atoms with Crippen molar-refractivity contribution in [2.75, 3.05) is 13.7 Å². The second kappa shape index (κ2) is 15.7. The van der Waals surface area contributed by atoms with Gasteiger partial charge in [0.1, 0.15) is 5.75 Å². The Balaban J connectivity index is 2.14. The van der Waals surface area contributed by atoms with Gasteiger partial charge in [0.05, 0.1) is 20.1 Å². The number of benzene rings is 1. The Kier molecular flexibility index (Phi) is 13.1. The molecule has 3 heteroatoms. The number of rotatable bonds is 13. The molecule has 0 aliphatic rings. The maximum atomic E-state index is 11.3. The van der Waals surface area contributed by atoms with Crippen LogP contribution in [0.4, 0.5) is 0 Å². The number of allylic oxidation sites excluding steroid dienone is 8. The zero-order valence-corrected chi connectivity index (χ0v) is 16.6. The van der Waals surface area contributed by atoms with Crippen molar-refractivity contribution in [2.45, 2.75) is 45.4 Å². The number of methoxy groups -OCH3 is 1. The summed E-state index contributed by atoms with van der Waals surface area (Å²) in [6, 6.07) is 7.59. The highest BCUT2D eigenvalue weighted by Gasteiger charge is 2.03. The lowest BCUT2D eigenvalue weighted by Gasteiger charge is -2.07. The smallest absolute Gasteiger partial charge is 0.309 e. The molecule has 0 heterocycles. The van der Waals surface area contributed by atoms with Gasteiger partial charge in [0.2, 0.25) is 0 Å². The van der Waals surface area contributed by atoms with Crippen LogP contribution in [0.15, 0.2) is 72.9 Å². The molecule has 0 saturated carbocycles. The van der Waals surface area contributed by atoms with Crippen molar-refractivity contribution >= 4 is 5.97 Å². The third-order valence-corrected chi connectivity index (χ3v) is 3.77. The molecule has 0 spiro atoms. The van der Waals surface area contributed by atoms with Gasteiger partial charge >= 0.3 is 5.97 Å². The summed E-state index contributed by atoms with van der Waals surface area (Å²) in [5.41, 5.74) is 0.902. The fourth-order valence-corrected chi connectivity index (χ4v) is 2.33. The first-order valence-electron chi connectivity index (χ1n) is 9.68. The summed E-state index contributed by atoms with van der Waals surface area (Å²) < 4.78 is 10.4. The molecule has 1 rings (SSSR count). The first-order valence-corrected chi connectivity index (χ1v) is 9.68. The minimum Gasteiger partial charge on any atom is -0.494 e. The topological polar surface area (TPSA) is 35.5 Å². The Bertz CT molecular complexity index is 639. The molecule has 0 aliphatic carbocycles. The van der Waals surface area contributed by atoms with Gasteiger partial charge in [0, 0.05) is 0 Å². The van der Waals surface area contributed by atoms with E-state index in [1.165, 1.54) is 7.11 Å². The van der Waals surface area contributed by atoms with Crippen LogP contribution in [0.5, 0.6) is 5.75 Å². The van der Waals surface area contributed by atoms with Crippen LogP contribution in [0.25, 0.3) is 0 Å². The van der Waals surface area contributed by atoms with Gasteiger partial charge in [-0.15, -0.1) is 0 Å². The average molecular weight is 369 g/mol. The van der Waals surface area contributed by atoms with Crippen LogP contribution in [0.2, 0.25) is 0 Å². The lowest BCUT2D eigenvalue weighted by atomic mass is 10.1. The Morgan fingerprint density at radius 1 is 0.963 bits per heavy atom. The van der Waals surface area contributed by atoms with E-state index >= 15 is 0 Å². The van der Waals surface area contributed by atoms with E-state index in [0.717, 1.165) is 43.4 Å². The number of esters is 1. The van der Waals surface area contributed by atoms with E-state index in [0.29, 0.717) is 6.61 Å². The Morgan fingerprint density at radius 3 is 2.44 bits per heavy atom. The van der Waals surface area contributed by atoms with E-state index in [1.807, 2.05) is 24.3 Å². The molecule has 0 amide bonds. The predicted molar refractivity (Wildman–Crippen MR) is 113 cm³/mol. The fourth-order valence-electron chi connectivity index (χ4n) is 2.33. The molecule has 1 aromatic carbocycles. The summed E-state index contributed by atoms with van der Waals surface area (Å²) in [4.78, 5) is 11.3. The number of carbonyl (C=O) groups is 1. The van der Waals surface area contributed by atoms with Crippen LogP contribution >= 0.6 is 0 Å². The highest BCUT2D eigenvalue weighted by Crippen LogP contribution is 2.14. The summed E-state index contributed by atoms with van der Waals surface area (Å²) in [6.45, 7) is 2.81. The lowest BCUT2D eigenvalue weighted by molar-refractivity contribution is -0.139. The largest absolute Gasteiger partial charge is 0.494 e. The number of ether oxygens (including phenoxy) is 2. The average Bonchev–Trinajstić information content (AvgIpc) is 2.68. The van der Waals surface area contributed by atoms with Crippen LogP contribution in [-0.2, 0) is 16.0 Å². The third-order valence-electron chi connectivity index (χ3n) is 3.77. The normalized spacial score (nSPS) is 11.9. The number of hydrogen-bond donors (Lipinski definition) is 0. The molecule has 0 N–H and O–H groups in total. The quantitative estimate of drug-likeness (QED) is 0.186. The van der Waals surface area contributed by atoms with Crippen molar-refractivity contribution in [1.82, 2.24) is 0 Å². The van der Waals surface area contributed by atoms with Crippen molar-refractivity contribution in [3.05, 3.63) is 78.4 Å². The predicted octanol–water partition coefficient (Wildman–Crippen LogP) is 5.98. The van der Waals surface area contributed by atoms with Gasteiger partial charge in [0.25, 0.3) is 0 Å². The van der Waals surface area contributed by atoms with Crippen molar-refractivity contribution in [3.63, 3.8) is 0 Å². The van der Waals surface area contributed by atoms with E-state index in [2.05, 4.69) is 60.3 Å². The van der Waals surface area contributed by atoms with Gasteiger partial charge in [0.15, 0.2) is 0 Å². The zero-order chi connectivity index (χ0) is 19.6. The van der Waals surface area contributed by atoms with Crippen molar-refractivity contribution < 1.29 is 14.3 Å². The second-order valence-electron chi connectivity index (χ2n) is 6.09. The minimum absolute atomic E-state index is 0.242. The first-order chi connectivity index (χ1) is 13.3. The third kappa shape index (κ3) is 12.4. The summed E-state index contributed by atoms with van der Waals surface area (Å²) >= 11 is 0. The van der Waals surface area contributed by atoms with Crippen molar-refractivity contribution in [3.8, 4) is 5.75 Å². The highest BCUT2D eigenvalue weighted by atomic mass is 16.5. The van der Waals surface area contributed by atoms with Crippen LogP contribution < -0.4 is 4.74 Å². The summed E-state index contributed by atoms with van der Waals surface area (Å²) in [5, 5.41) is 0. The van der Waals surface area contributed by atoms with E-state index in [-0.39, 0.29) is 12.4 Å². The fraction of sp³-hybridized carbons (Fsp3) is 0.375. The molecule has 0 saturated heterocycles. The molecule has 0 aromatic heterocycles. The van der Waals surface area contributed by atoms with Gasteiger partial charge in [-0.2, -0.15) is 0 Å². The van der Waals surface area contributed by atoms with Crippen molar-refractivity contribution in [2.24, 2.45) is 0 Å². The number of carbonyl (C=O) groups excluding carboxylic acids is 1. The summed E-state index contributed by atoms with van der Waals surface area (Å²) in [7, 11) is 1.40. The monoisotopic (exact) mass is 368 g/mol. The molecule has 3 nitrogen and oxygen atoms in total. The van der Waals surface area contributed by atoms with E-state index < -0.39 is 0 Å². The van der Waals surface area contributed by atoms with E-state index in [9.17, 15) is 4.79 Å². The Morgan fingerprint density at radius 2 is 1.70 bits per heavy atom. The maximum absolute atomic E-state index is 11.3. The molecule has 27 heavy (non-hydrogen) atoms. The molecule has 146 valence electrons. The van der Waals surface area contributed by atoms with Gasteiger partial charge in [-0.1, -0.05) is 67.7 Å². The molecule has 0 radical (unpaired) electrons. The van der Waals surface area contributed by atoms with Crippen molar-refractivity contribution in [1.29, 1.82) is 0 Å². The van der Waals surface area contributed by atoms with Crippen LogP contribution in [0, 0.1) is 0 Å². The summed E-state index contributed by atoms with van der Waals surface area (Å²) in [5.74, 6) is 0.549. The van der Waals surface area contributed by atoms with Crippen LogP contribution in [-0.4, -0.2) is 19.7 Å². The van der Waals surface area contributed by atoms with Gasteiger partial charge in [-0.3, -0.25) is 4.79 Å². The van der Waals surface area contributed by atoms with Gasteiger partial charge < -0.3 is 9.47 Å². The lowest BCUT2D eigenvalue weighted by Crippen LogP contribution is -2.04. The Hall–Kier alpha value is -2.55. The first kappa shape index (κ1) is 22.5. The molecule has 0 fully saturated rings. The SMILES string of the molecule is CC/C=C\CC/C=C/C=C\C=C\CCCOc1cccc(CC(=O)OC)c1. The van der Waals surface area contributed by atoms with Gasteiger partial charge in [-0.25, -0.2) is 0 Å². The van der Waals surface area contributed by atoms with Crippen LogP contribution in [0.3, 0.4) is 0 Å².